The molecule has 0 aliphatic heterocycles. The molecule has 71 valence electrons. The Morgan fingerprint density at radius 2 is 2.31 bits per heavy atom. The van der Waals surface area contributed by atoms with Gasteiger partial charge in [0.25, 0.3) is 0 Å². The lowest BCUT2D eigenvalue weighted by Gasteiger charge is -1.97. The molecule has 3 heteroatoms. The van der Waals surface area contributed by atoms with Gasteiger partial charge in [-0.2, -0.15) is 0 Å². The molecule has 0 N–H and O–H groups in total. The van der Waals surface area contributed by atoms with Crippen LogP contribution in [0.25, 0.3) is 0 Å². The molecular weight excluding hydrogens is 168 g/mol. The number of unbranched alkanes of at least 4 members (excludes halogenated alkanes) is 2. The van der Waals surface area contributed by atoms with Crippen molar-refractivity contribution in [2.45, 2.75) is 25.7 Å². The number of hydrogen-bond donors (Lipinski definition) is 0. The zero-order valence-electron chi connectivity index (χ0n) is 7.49. The van der Waals surface area contributed by atoms with Crippen LogP contribution in [0.2, 0.25) is 0 Å². The molecule has 0 aliphatic carbocycles. The van der Waals surface area contributed by atoms with Gasteiger partial charge in [-0.05, 0) is 31.4 Å². The minimum absolute atomic E-state index is 0.474. The number of rotatable bonds is 7. The van der Waals surface area contributed by atoms with Crippen LogP contribution < -0.4 is 0 Å². The van der Waals surface area contributed by atoms with E-state index in [2.05, 4.69) is 4.74 Å². The molecule has 1 radical (unpaired) electrons. The van der Waals surface area contributed by atoms with Gasteiger partial charge in [-0.15, -0.1) is 0 Å². The summed E-state index contributed by atoms with van der Waals surface area (Å²) < 4.78 is 9.61. The molecule has 0 saturated heterocycles. The lowest BCUT2D eigenvalue weighted by Crippen LogP contribution is -1.92. The average molecular weight is 181 g/mol. The molecule has 0 atom stereocenters. The fourth-order valence-corrected chi connectivity index (χ4v) is 1.15. The van der Waals surface area contributed by atoms with Crippen LogP contribution in [0.1, 0.15) is 25.0 Å². The van der Waals surface area contributed by atoms with Gasteiger partial charge in [-0.3, -0.25) is 0 Å². The van der Waals surface area contributed by atoms with Crippen molar-refractivity contribution >= 4 is 6.47 Å². The van der Waals surface area contributed by atoms with Gasteiger partial charge in [0.15, 0.2) is 0 Å². The van der Waals surface area contributed by atoms with Gasteiger partial charge in [0.05, 0.1) is 12.9 Å². The van der Waals surface area contributed by atoms with Crippen LogP contribution in [-0.4, -0.2) is 13.1 Å². The molecule has 0 saturated carbocycles. The van der Waals surface area contributed by atoms with E-state index in [4.69, 9.17) is 4.42 Å². The smallest absolute Gasteiger partial charge is 0.417 e. The molecule has 13 heavy (non-hydrogen) atoms. The Bertz CT molecular complexity index is 216. The highest BCUT2D eigenvalue weighted by Crippen LogP contribution is 2.06. The summed E-state index contributed by atoms with van der Waals surface area (Å²) in [5.41, 5.74) is 0. The molecule has 0 amide bonds. The van der Waals surface area contributed by atoms with Crippen molar-refractivity contribution in [3.05, 3.63) is 24.2 Å². The fraction of sp³-hybridized carbons (Fsp3) is 0.500. The highest BCUT2D eigenvalue weighted by molar-refractivity contribution is 5.37. The maximum absolute atomic E-state index is 9.66. The zero-order valence-corrected chi connectivity index (χ0v) is 7.49. The summed E-state index contributed by atoms with van der Waals surface area (Å²) in [5.74, 6) is 1.02. The maximum atomic E-state index is 9.66. The molecule has 0 bridgehead atoms. The molecule has 1 aromatic rings. The Hall–Kier alpha value is -1.25. The van der Waals surface area contributed by atoms with Gasteiger partial charge in [0.2, 0.25) is 0 Å². The zero-order chi connectivity index (χ0) is 9.36. The molecular formula is C10H13O3. The number of ether oxygens (including phenoxy) is 1. The van der Waals surface area contributed by atoms with Crippen molar-refractivity contribution in [1.82, 2.24) is 0 Å². The van der Waals surface area contributed by atoms with E-state index in [0.29, 0.717) is 6.61 Å². The minimum Gasteiger partial charge on any atom is -0.469 e. The van der Waals surface area contributed by atoms with Crippen molar-refractivity contribution in [3.8, 4) is 0 Å². The lowest BCUT2D eigenvalue weighted by molar-refractivity contribution is 0.268. The molecule has 0 aromatic carbocycles. The van der Waals surface area contributed by atoms with E-state index in [9.17, 15) is 4.79 Å². The van der Waals surface area contributed by atoms with Crippen molar-refractivity contribution in [2.75, 3.05) is 6.61 Å². The predicted octanol–water partition coefficient (Wildman–Crippen LogP) is 2.08. The van der Waals surface area contributed by atoms with Crippen LogP contribution in [0.5, 0.6) is 0 Å². The summed E-state index contributed by atoms with van der Waals surface area (Å²) in [6.45, 7) is 1.88. The van der Waals surface area contributed by atoms with E-state index in [1.165, 1.54) is 6.47 Å². The van der Waals surface area contributed by atoms with Crippen LogP contribution in [0.4, 0.5) is 0 Å². The van der Waals surface area contributed by atoms with E-state index >= 15 is 0 Å². The standard InChI is InChI=1S/C10H13O3/c11-9-12-7-3-1-2-5-10-6-4-8-13-10/h4,6,8H,1-3,5,7H2. The van der Waals surface area contributed by atoms with E-state index in [0.717, 1.165) is 31.4 Å². The topological polar surface area (TPSA) is 39.4 Å². The summed E-state index contributed by atoms with van der Waals surface area (Å²) in [6, 6.07) is 3.86. The van der Waals surface area contributed by atoms with Crippen molar-refractivity contribution in [2.24, 2.45) is 0 Å². The molecule has 1 aromatic heterocycles. The first-order valence-corrected chi connectivity index (χ1v) is 4.45. The van der Waals surface area contributed by atoms with E-state index in [-0.39, 0.29) is 0 Å². The monoisotopic (exact) mass is 181 g/mol. The lowest BCUT2D eigenvalue weighted by atomic mass is 10.2. The summed E-state index contributed by atoms with van der Waals surface area (Å²) in [6.07, 6.45) is 5.64. The van der Waals surface area contributed by atoms with E-state index < -0.39 is 0 Å². The molecule has 0 unspecified atom stereocenters. The van der Waals surface area contributed by atoms with Crippen LogP contribution >= 0.6 is 0 Å². The largest absolute Gasteiger partial charge is 0.469 e. The highest BCUT2D eigenvalue weighted by Gasteiger charge is 1.95. The van der Waals surface area contributed by atoms with Gasteiger partial charge in [0, 0.05) is 6.42 Å². The maximum Gasteiger partial charge on any atom is 0.417 e. The summed E-state index contributed by atoms with van der Waals surface area (Å²) in [7, 11) is 0. The molecule has 1 rings (SSSR count). The van der Waals surface area contributed by atoms with Crippen LogP contribution in [0.15, 0.2) is 22.8 Å². The second kappa shape index (κ2) is 6.29. The van der Waals surface area contributed by atoms with Crippen molar-refractivity contribution < 1.29 is 13.9 Å². The minimum atomic E-state index is 0.474. The first-order valence-electron chi connectivity index (χ1n) is 4.45. The number of hydrogen-bond acceptors (Lipinski definition) is 3. The first-order chi connectivity index (χ1) is 6.43. The van der Waals surface area contributed by atoms with Crippen LogP contribution in [0, 0.1) is 0 Å². The molecule has 0 aliphatic rings. The highest BCUT2D eigenvalue weighted by atomic mass is 16.5. The quantitative estimate of drug-likeness (QED) is 0.604. The Morgan fingerprint density at radius 1 is 1.38 bits per heavy atom. The molecule has 3 nitrogen and oxygen atoms in total. The van der Waals surface area contributed by atoms with E-state index in [1.807, 2.05) is 12.1 Å². The second-order valence-electron chi connectivity index (χ2n) is 2.82. The summed E-state index contributed by atoms with van der Waals surface area (Å²) >= 11 is 0. The van der Waals surface area contributed by atoms with Gasteiger partial charge in [0.1, 0.15) is 5.76 Å². The van der Waals surface area contributed by atoms with Gasteiger partial charge in [-0.1, -0.05) is 0 Å². The Labute approximate surface area is 77.7 Å². The van der Waals surface area contributed by atoms with Crippen LogP contribution in [0.3, 0.4) is 0 Å². The predicted molar refractivity (Wildman–Crippen MR) is 47.9 cm³/mol. The SMILES string of the molecule is O=[C]OCCCCCc1ccco1. The third-order valence-electron chi connectivity index (χ3n) is 1.81. The normalized spacial score (nSPS) is 9.85. The average Bonchev–Trinajstić information content (AvgIpc) is 2.63. The summed E-state index contributed by atoms with van der Waals surface area (Å²) in [5, 5.41) is 0. The Morgan fingerprint density at radius 3 is 3.00 bits per heavy atom. The third kappa shape index (κ3) is 4.35. The van der Waals surface area contributed by atoms with Gasteiger partial charge >= 0.3 is 6.47 Å². The van der Waals surface area contributed by atoms with Crippen LogP contribution in [-0.2, 0) is 16.0 Å². The van der Waals surface area contributed by atoms with Crippen molar-refractivity contribution in [3.63, 3.8) is 0 Å². The summed E-state index contributed by atoms with van der Waals surface area (Å²) in [4.78, 5) is 9.66. The second-order valence-corrected chi connectivity index (χ2v) is 2.82. The molecule has 0 fully saturated rings. The number of aryl methyl sites for hydroxylation is 1. The number of furan rings is 1. The fourth-order valence-electron chi connectivity index (χ4n) is 1.15. The first kappa shape index (κ1) is 9.84. The Kier molecular flexibility index (Phi) is 4.76. The third-order valence-corrected chi connectivity index (χ3v) is 1.81. The van der Waals surface area contributed by atoms with Gasteiger partial charge in [-0.25, -0.2) is 4.79 Å². The van der Waals surface area contributed by atoms with Gasteiger partial charge < -0.3 is 9.15 Å². The molecule has 1 heterocycles. The van der Waals surface area contributed by atoms with Crippen molar-refractivity contribution in [1.29, 1.82) is 0 Å². The molecule has 0 spiro atoms. The van der Waals surface area contributed by atoms with E-state index in [1.54, 1.807) is 6.26 Å². The number of carbonyl (C=O) groups excluding carboxylic acids is 1. The Balaban J connectivity index is 1.93.